The van der Waals surface area contributed by atoms with Crippen molar-refractivity contribution in [1.29, 1.82) is 0 Å². The molecule has 1 fully saturated rings. The highest BCUT2D eigenvalue weighted by atomic mass is 19.4. The standard InChI is InChI=1S/C18H22F12O4.C8H16O2/c1-4-12(2,3)11(31)34-10-6-8(13(32,15(19,20)21)16(22,23)24)5-9(7-10)14(33,17(25,26)27)18(28,29)30;1-5-8(3,4)7(9)10-6-2/h8-10,32-33H,4-7H2,1-3H3;5-6H2,1-4H3. The Balaban J connectivity index is 0.00000158. The number of halogens is 12. The Morgan fingerprint density at radius 2 is 0.886 bits per heavy atom. The van der Waals surface area contributed by atoms with Gasteiger partial charge in [0.25, 0.3) is 11.2 Å². The van der Waals surface area contributed by atoms with E-state index in [1.807, 2.05) is 27.7 Å². The van der Waals surface area contributed by atoms with Crippen LogP contribution in [0, 0.1) is 22.7 Å². The van der Waals surface area contributed by atoms with E-state index >= 15 is 0 Å². The molecule has 0 aromatic heterocycles. The van der Waals surface area contributed by atoms with Crippen molar-refractivity contribution in [3.05, 3.63) is 0 Å². The van der Waals surface area contributed by atoms with Crippen molar-refractivity contribution in [1.82, 2.24) is 0 Å². The Kier molecular flexibility index (Phi) is 13.2. The lowest BCUT2D eigenvalue weighted by Gasteiger charge is -2.48. The van der Waals surface area contributed by atoms with Crippen molar-refractivity contribution in [3.63, 3.8) is 0 Å². The molecule has 0 radical (unpaired) electrons. The summed E-state index contributed by atoms with van der Waals surface area (Å²) in [6.07, 6.45) is -33.2. The number of hydrogen-bond acceptors (Lipinski definition) is 6. The van der Waals surface area contributed by atoms with E-state index in [1.54, 1.807) is 0 Å². The molecule has 2 N–H and O–H groups in total. The van der Waals surface area contributed by atoms with Crippen LogP contribution in [-0.2, 0) is 19.1 Å². The van der Waals surface area contributed by atoms with Crippen molar-refractivity contribution in [2.45, 2.75) is 123 Å². The average Bonchev–Trinajstić information content (AvgIpc) is 2.85. The van der Waals surface area contributed by atoms with Crippen LogP contribution in [0.4, 0.5) is 52.7 Å². The van der Waals surface area contributed by atoms with Gasteiger partial charge in [-0.2, -0.15) is 52.7 Å². The third-order valence-corrected chi connectivity index (χ3v) is 8.00. The molecule has 0 aliphatic heterocycles. The van der Waals surface area contributed by atoms with Gasteiger partial charge in [-0.3, -0.25) is 9.59 Å². The fourth-order valence-corrected chi connectivity index (χ4v) is 4.22. The Morgan fingerprint density at radius 3 is 1.14 bits per heavy atom. The minimum atomic E-state index is -6.58. The van der Waals surface area contributed by atoms with Gasteiger partial charge in [-0.1, -0.05) is 13.8 Å². The molecule has 2 unspecified atom stereocenters. The van der Waals surface area contributed by atoms with Crippen molar-refractivity contribution in [2.75, 3.05) is 6.61 Å². The zero-order chi connectivity index (χ0) is 35.5. The zero-order valence-corrected chi connectivity index (χ0v) is 25.0. The summed E-state index contributed by atoms with van der Waals surface area (Å²) < 4.78 is 169. The number of hydrogen-bond donors (Lipinski definition) is 2. The number of carbonyl (C=O) groups excluding carboxylic acids is 2. The summed E-state index contributed by atoms with van der Waals surface area (Å²) in [6.45, 7) is 11.9. The molecule has 2 atom stereocenters. The van der Waals surface area contributed by atoms with Gasteiger partial charge in [0.2, 0.25) is 0 Å². The van der Waals surface area contributed by atoms with Crippen LogP contribution in [-0.4, -0.2) is 70.8 Å². The lowest BCUT2D eigenvalue weighted by atomic mass is 9.65. The van der Waals surface area contributed by atoms with E-state index in [9.17, 15) is 72.5 Å². The third-order valence-electron chi connectivity index (χ3n) is 8.00. The summed E-state index contributed by atoms with van der Waals surface area (Å²) in [4.78, 5) is 23.3. The maximum Gasteiger partial charge on any atom is 0.426 e. The Bertz CT molecular complexity index is 893. The topological polar surface area (TPSA) is 93.1 Å². The number of aliphatic hydroxyl groups is 2. The fourth-order valence-electron chi connectivity index (χ4n) is 4.22. The molecule has 262 valence electrons. The van der Waals surface area contributed by atoms with Crippen molar-refractivity contribution in [3.8, 4) is 0 Å². The minimum absolute atomic E-state index is 0.0184. The lowest BCUT2D eigenvalue weighted by Crippen LogP contribution is -2.67. The number of carbonyl (C=O) groups is 2. The molecule has 0 heterocycles. The predicted octanol–water partition coefficient (Wildman–Crippen LogP) is 7.45. The molecule has 0 bridgehead atoms. The first kappa shape index (κ1) is 42.0. The molecule has 0 amide bonds. The Hall–Kier alpha value is -1.98. The van der Waals surface area contributed by atoms with Gasteiger partial charge >= 0.3 is 36.6 Å². The van der Waals surface area contributed by atoms with Gasteiger partial charge in [0.15, 0.2) is 0 Å². The van der Waals surface area contributed by atoms with Crippen LogP contribution < -0.4 is 0 Å². The maximum atomic E-state index is 13.3. The number of alkyl halides is 12. The molecule has 6 nitrogen and oxygen atoms in total. The van der Waals surface area contributed by atoms with Crippen LogP contribution in [0.1, 0.15) is 80.6 Å². The van der Waals surface area contributed by atoms with E-state index in [-0.39, 0.29) is 17.8 Å². The summed E-state index contributed by atoms with van der Waals surface area (Å²) in [5.41, 5.74) is -13.3. The summed E-state index contributed by atoms with van der Waals surface area (Å²) in [5, 5.41) is 19.2. The molecule has 0 aromatic carbocycles. The predicted molar refractivity (Wildman–Crippen MR) is 130 cm³/mol. The first-order chi connectivity index (χ1) is 19.3. The molecule has 1 aliphatic rings. The number of rotatable bonds is 8. The number of esters is 2. The molecule has 0 spiro atoms. The lowest BCUT2D eigenvalue weighted by molar-refractivity contribution is -0.405. The molecule has 44 heavy (non-hydrogen) atoms. The number of ether oxygens (including phenoxy) is 2. The smallest absolute Gasteiger partial charge is 0.426 e. The second-order valence-electron chi connectivity index (χ2n) is 11.8. The summed E-state index contributed by atoms with van der Waals surface area (Å²) >= 11 is 0. The molecule has 18 heteroatoms. The summed E-state index contributed by atoms with van der Waals surface area (Å²) in [6, 6.07) is 0. The summed E-state index contributed by atoms with van der Waals surface area (Å²) in [5.74, 6) is -8.16. The Labute approximate surface area is 246 Å². The quantitative estimate of drug-likeness (QED) is 0.205. The molecular formula is C26H38F12O6. The van der Waals surface area contributed by atoms with E-state index in [0.29, 0.717) is 6.61 Å². The normalized spacial score (nSPS) is 21.2. The van der Waals surface area contributed by atoms with Gasteiger partial charge in [0.1, 0.15) is 6.10 Å². The molecule has 1 rings (SSSR count). The van der Waals surface area contributed by atoms with Crippen LogP contribution >= 0.6 is 0 Å². The van der Waals surface area contributed by atoms with Gasteiger partial charge in [-0.25, -0.2) is 0 Å². The molecule has 1 aliphatic carbocycles. The van der Waals surface area contributed by atoms with Crippen molar-refractivity contribution in [2.24, 2.45) is 22.7 Å². The van der Waals surface area contributed by atoms with E-state index < -0.39 is 84.5 Å². The average molecular weight is 675 g/mol. The van der Waals surface area contributed by atoms with Crippen LogP contribution in [0.2, 0.25) is 0 Å². The zero-order valence-electron chi connectivity index (χ0n) is 25.0. The molecular weight excluding hydrogens is 636 g/mol. The molecule has 0 aromatic rings. The minimum Gasteiger partial charge on any atom is -0.466 e. The second kappa shape index (κ2) is 13.8. The largest absolute Gasteiger partial charge is 0.466 e. The van der Waals surface area contributed by atoms with Gasteiger partial charge in [0, 0.05) is 11.8 Å². The van der Waals surface area contributed by atoms with Crippen LogP contribution in [0.5, 0.6) is 0 Å². The highest BCUT2D eigenvalue weighted by molar-refractivity contribution is 5.76. The van der Waals surface area contributed by atoms with Crippen molar-refractivity contribution >= 4 is 11.9 Å². The highest BCUT2D eigenvalue weighted by Crippen LogP contribution is 2.58. The van der Waals surface area contributed by atoms with Gasteiger partial charge in [0.05, 0.1) is 17.4 Å². The monoisotopic (exact) mass is 674 g/mol. The van der Waals surface area contributed by atoms with Gasteiger partial charge < -0.3 is 19.7 Å². The van der Waals surface area contributed by atoms with Crippen LogP contribution in [0.25, 0.3) is 0 Å². The van der Waals surface area contributed by atoms with Crippen LogP contribution in [0.3, 0.4) is 0 Å². The summed E-state index contributed by atoms with van der Waals surface area (Å²) in [7, 11) is 0. The maximum absolute atomic E-state index is 13.3. The first-order valence-electron chi connectivity index (χ1n) is 13.4. The Morgan fingerprint density at radius 1 is 0.591 bits per heavy atom. The van der Waals surface area contributed by atoms with E-state index in [1.165, 1.54) is 20.8 Å². The first-order valence-corrected chi connectivity index (χ1v) is 13.4. The van der Waals surface area contributed by atoms with Crippen molar-refractivity contribution < 1.29 is 82.0 Å². The highest BCUT2D eigenvalue weighted by Gasteiger charge is 2.78. The molecule has 0 saturated heterocycles. The van der Waals surface area contributed by atoms with Gasteiger partial charge in [-0.15, -0.1) is 0 Å². The molecule has 1 saturated carbocycles. The van der Waals surface area contributed by atoms with Gasteiger partial charge in [-0.05, 0) is 66.7 Å². The second-order valence-corrected chi connectivity index (χ2v) is 11.8. The SMILES string of the molecule is CCC(C)(C)C(=O)OC1CC(C(O)(C(F)(F)F)C(F)(F)F)CC(C(O)(C(F)(F)F)C(F)(F)F)C1.CCOC(=O)C(C)(C)CC. The fraction of sp³-hybridized carbons (Fsp3) is 0.923. The van der Waals surface area contributed by atoms with Crippen LogP contribution in [0.15, 0.2) is 0 Å². The third kappa shape index (κ3) is 8.84. The van der Waals surface area contributed by atoms with E-state index in [2.05, 4.69) is 0 Å². The van der Waals surface area contributed by atoms with E-state index in [0.717, 1.165) is 6.42 Å². The van der Waals surface area contributed by atoms with E-state index in [4.69, 9.17) is 9.47 Å².